The van der Waals surface area contributed by atoms with Gasteiger partial charge < -0.3 is 10.1 Å². The summed E-state index contributed by atoms with van der Waals surface area (Å²) >= 11 is 0. The number of hydrogen-bond donors (Lipinski definition) is 2. The smallest absolute Gasteiger partial charge is 0.355 e. The first-order valence-electron chi connectivity index (χ1n) is 6.44. The summed E-state index contributed by atoms with van der Waals surface area (Å²) in [6.45, 7) is 1.46. The molecule has 0 atom stereocenters. The van der Waals surface area contributed by atoms with Gasteiger partial charge in [-0.15, -0.1) is 0 Å². The Bertz CT molecular complexity index is 610. The summed E-state index contributed by atoms with van der Waals surface area (Å²) in [5.74, 6) is -1.38. The maximum atomic E-state index is 11.7. The molecule has 0 aliphatic carbocycles. The number of carbonyl (C=O) groups excluding carboxylic acids is 3. The highest BCUT2D eigenvalue weighted by Crippen LogP contribution is 2.12. The number of esters is 1. The molecule has 0 spiro atoms. The van der Waals surface area contributed by atoms with Crippen molar-refractivity contribution in [3.8, 4) is 0 Å². The third-order valence-electron chi connectivity index (χ3n) is 2.89. The van der Waals surface area contributed by atoms with Crippen molar-refractivity contribution < 1.29 is 19.1 Å². The fraction of sp³-hybridized carbons (Fsp3) is 0.286. The van der Waals surface area contributed by atoms with Gasteiger partial charge in [-0.25, -0.2) is 10.2 Å². The van der Waals surface area contributed by atoms with Crippen molar-refractivity contribution in [3.63, 3.8) is 0 Å². The average Bonchev–Trinajstić information content (AvgIpc) is 2.48. The van der Waals surface area contributed by atoms with Crippen LogP contribution in [0.4, 0.5) is 5.69 Å². The number of amides is 2. The topological polar surface area (TPSA) is 96.9 Å². The number of nitrogens with zero attached hydrogens (tertiary/aromatic N) is 1. The standard InChI is InChI=1S/C14H15N3O4/c1-9-4-2-3-5-10(9)15-13(19)8-21-14(20)11-6-7-12(18)17-16-11/h2-5H,6-8H2,1H3,(H,15,19)(H,17,18). The molecule has 0 saturated heterocycles. The van der Waals surface area contributed by atoms with Gasteiger partial charge in [-0.05, 0) is 18.6 Å². The van der Waals surface area contributed by atoms with Crippen LogP contribution in [-0.2, 0) is 19.1 Å². The van der Waals surface area contributed by atoms with E-state index in [4.69, 9.17) is 4.74 Å². The van der Waals surface area contributed by atoms with E-state index in [0.29, 0.717) is 5.69 Å². The van der Waals surface area contributed by atoms with Gasteiger partial charge in [-0.2, -0.15) is 5.10 Å². The molecule has 7 heteroatoms. The molecular formula is C14H15N3O4. The second kappa shape index (κ2) is 6.65. The van der Waals surface area contributed by atoms with Crippen LogP contribution in [0.15, 0.2) is 29.4 Å². The van der Waals surface area contributed by atoms with Crippen LogP contribution in [-0.4, -0.2) is 30.1 Å². The average molecular weight is 289 g/mol. The molecule has 0 unspecified atom stereocenters. The van der Waals surface area contributed by atoms with Crippen molar-refractivity contribution >= 4 is 29.2 Å². The zero-order valence-corrected chi connectivity index (χ0v) is 11.5. The predicted octanol–water partition coefficient (Wildman–Crippen LogP) is 0.743. The maximum Gasteiger partial charge on any atom is 0.355 e. The van der Waals surface area contributed by atoms with Crippen LogP contribution in [0.2, 0.25) is 0 Å². The Morgan fingerprint density at radius 3 is 2.76 bits per heavy atom. The molecule has 0 radical (unpaired) electrons. The fourth-order valence-corrected chi connectivity index (χ4v) is 1.74. The molecule has 1 aliphatic rings. The first kappa shape index (κ1) is 14.7. The van der Waals surface area contributed by atoms with Crippen molar-refractivity contribution in [2.75, 3.05) is 11.9 Å². The highest BCUT2D eigenvalue weighted by Gasteiger charge is 2.20. The van der Waals surface area contributed by atoms with Crippen LogP contribution < -0.4 is 10.7 Å². The first-order valence-corrected chi connectivity index (χ1v) is 6.44. The Balaban J connectivity index is 1.83. The second-order valence-corrected chi connectivity index (χ2v) is 4.53. The number of hydrogen-bond acceptors (Lipinski definition) is 5. The van der Waals surface area contributed by atoms with Crippen molar-refractivity contribution in [2.45, 2.75) is 19.8 Å². The van der Waals surface area contributed by atoms with E-state index in [9.17, 15) is 14.4 Å². The van der Waals surface area contributed by atoms with E-state index >= 15 is 0 Å². The summed E-state index contributed by atoms with van der Waals surface area (Å²) in [7, 11) is 0. The van der Waals surface area contributed by atoms with E-state index in [1.54, 1.807) is 12.1 Å². The van der Waals surface area contributed by atoms with E-state index in [1.807, 2.05) is 19.1 Å². The lowest BCUT2D eigenvalue weighted by Crippen LogP contribution is -2.32. The minimum atomic E-state index is -0.699. The van der Waals surface area contributed by atoms with Gasteiger partial charge in [0.15, 0.2) is 6.61 Å². The molecular weight excluding hydrogens is 274 g/mol. The molecule has 0 fully saturated rings. The molecule has 2 rings (SSSR count). The summed E-state index contributed by atoms with van der Waals surface area (Å²) < 4.78 is 4.86. The van der Waals surface area contributed by atoms with Crippen LogP contribution in [0.1, 0.15) is 18.4 Å². The summed E-state index contributed by atoms with van der Waals surface area (Å²) in [4.78, 5) is 34.2. The van der Waals surface area contributed by atoms with Crippen LogP contribution >= 0.6 is 0 Å². The Labute approximate surface area is 121 Å². The lowest BCUT2D eigenvalue weighted by molar-refractivity contribution is -0.140. The van der Waals surface area contributed by atoms with Crippen LogP contribution in [0.3, 0.4) is 0 Å². The summed E-state index contributed by atoms with van der Waals surface area (Å²) in [5, 5.41) is 6.25. The summed E-state index contributed by atoms with van der Waals surface area (Å²) in [6, 6.07) is 7.28. The number of rotatable bonds is 4. The van der Waals surface area contributed by atoms with E-state index in [2.05, 4.69) is 15.8 Å². The zero-order chi connectivity index (χ0) is 15.2. The number of carbonyl (C=O) groups is 3. The van der Waals surface area contributed by atoms with Gasteiger partial charge in [0.1, 0.15) is 5.71 Å². The summed E-state index contributed by atoms with van der Waals surface area (Å²) in [6.07, 6.45) is 0.396. The molecule has 7 nitrogen and oxygen atoms in total. The third kappa shape index (κ3) is 4.13. The van der Waals surface area contributed by atoms with Crippen molar-refractivity contribution in [2.24, 2.45) is 5.10 Å². The van der Waals surface area contributed by atoms with Gasteiger partial charge in [0.05, 0.1) is 0 Å². The maximum absolute atomic E-state index is 11.7. The van der Waals surface area contributed by atoms with Gasteiger partial charge in [0.2, 0.25) is 5.91 Å². The van der Waals surface area contributed by atoms with Crippen LogP contribution in [0.25, 0.3) is 0 Å². The molecule has 110 valence electrons. The molecule has 1 aliphatic heterocycles. The zero-order valence-electron chi connectivity index (χ0n) is 11.5. The van der Waals surface area contributed by atoms with Gasteiger partial charge in [0.25, 0.3) is 5.91 Å². The van der Waals surface area contributed by atoms with Gasteiger partial charge in [-0.1, -0.05) is 18.2 Å². The SMILES string of the molecule is Cc1ccccc1NC(=O)COC(=O)C1=NNC(=O)CC1. The first-order chi connectivity index (χ1) is 10.1. The number of anilines is 1. The Morgan fingerprint density at radius 2 is 2.10 bits per heavy atom. The largest absolute Gasteiger partial charge is 0.451 e. The monoisotopic (exact) mass is 289 g/mol. The predicted molar refractivity (Wildman–Crippen MR) is 75.6 cm³/mol. The van der Waals surface area contributed by atoms with E-state index in [-0.39, 0.29) is 24.5 Å². The molecule has 1 aromatic carbocycles. The van der Waals surface area contributed by atoms with Crippen molar-refractivity contribution in [1.29, 1.82) is 0 Å². The number of para-hydroxylation sites is 1. The Kier molecular flexibility index (Phi) is 4.65. The minimum absolute atomic E-state index is 0.110. The van der Waals surface area contributed by atoms with E-state index in [0.717, 1.165) is 5.56 Å². The van der Waals surface area contributed by atoms with Crippen molar-refractivity contribution in [1.82, 2.24) is 5.43 Å². The number of aryl methyl sites for hydroxylation is 1. The fourth-order valence-electron chi connectivity index (χ4n) is 1.74. The molecule has 0 saturated carbocycles. The number of hydrazone groups is 1. The second-order valence-electron chi connectivity index (χ2n) is 4.53. The highest BCUT2D eigenvalue weighted by atomic mass is 16.5. The Hall–Kier alpha value is -2.70. The quantitative estimate of drug-likeness (QED) is 0.799. The number of ether oxygens (including phenoxy) is 1. The summed E-state index contributed by atoms with van der Waals surface area (Å²) in [5.41, 5.74) is 3.89. The Morgan fingerprint density at radius 1 is 1.33 bits per heavy atom. The number of nitrogens with one attached hydrogen (secondary N) is 2. The van der Waals surface area contributed by atoms with E-state index < -0.39 is 18.5 Å². The molecule has 2 amide bonds. The number of benzene rings is 1. The van der Waals surface area contributed by atoms with Gasteiger partial charge >= 0.3 is 5.97 Å². The molecule has 1 heterocycles. The van der Waals surface area contributed by atoms with Crippen molar-refractivity contribution in [3.05, 3.63) is 29.8 Å². The van der Waals surface area contributed by atoms with Crippen LogP contribution in [0, 0.1) is 6.92 Å². The molecule has 0 aromatic heterocycles. The van der Waals surface area contributed by atoms with E-state index in [1.165, 1.54) is 0 Å². The third-order valence-corrected chi connectivity index (χ3v) is 2.89. The minimum Gasteiger partial charge on any atom is -0.451 e. The molecule has 0 bridgehead atoms. The molecule has 2 N–H and O–H groups in total. The normalized spacial score (nSPS) is 14.0. The molecule has 21 heavy (non-hydrogen) atoms. The van der Waals surface area contributed by atoms with Gasteiger partial charge in [0, 0.05) is 18.5 Å². The van der Waals surface area contributed by atoms with Gasteiger partial charge in [-0.3, -0.25) is 9.59 Å². The lowest BCUT2D eigenvalue weighted by Gasteiger charge is -2.12. The lowest BCUT2D eigenvalue weighted by atomic mass is 10.2. The molecule has 1 aromatic rings. The van der Waals surface area contributed by atoms with Crippen LogP contribution in [0.5, 0.6) is 0 Å². The highest BCUT2D eigenvalue weighted by molar-refractivity contribution is 6.37.